The first-order valence-electron chi connectivity index (χ1n) is 14.6. The molecule has 1 saturated heterocycles. The number of ether oxygens (including phenoxy) is 1. The molecule has 1 fully saturated rings. The average Bonchev–Trinajstić information content (AvgIpc) is 3.34. The van der Waals surface area contributed by atoms with E-state index in [1.54, 1.807) is 7.11 Å². The second kappa shape index (κ2) is 12.2. The van der Waals surface area contributed by atoms with Crippen molar-refractivity contribution in [2.75, 3.05) is 39.8 Å². The van der Waals surface area contributed by atoms with Gasteiger partial charge in [-0.2, -0.15) is 0 Å². The van der Waals surface area contributed by atoms with Crippen LogP contribution in [0.3, 0.4) is 0 Å². The number of rotatable bonds is 12. The molecule has 1 N–H and O–H groups in total. The van der Waals surface area contributed by atoms with Gasteiger partial charge in [0.15, 0.2) is 0 Å². The number of hydrogen-bond donors (Lipinski definition) is 1. The van der Waals surface area contributed by atoms with Crippen LogP contribution in [0.1, 0.15) is 68.8 Å². The molecule has 2 aromatic carbocycles. The van der Waals surface area contributed by atoms with E-state index in [4.69, 9.17) is 4.74 Å². The SMILES string of the molecule is CCCCN(CCCC)CCCN1CC(=O)N2[C@H](c3cccc(OC)c3)c3[nH]c4ccccc4c3C[C@H]2C1=O. The molecule has 2 atom stereocenters. The molecule has 5 rings (SSSR count). The third kappa shape index (κ3) is 5.55. The fourth-order valence-corrected chi connectivity index (χ4v) is 6.25. The maximum absolute atomic E-state index is 14.0. The van der Waals surface area contributed by atoms with Gasteiger partial charge in [0.2, 0.25) is 11.8 Å². The minimum absolute atomic E-state index is 0.00514. The Morgan fingerprint density at radius 3 is 2.46 bits per heavy atom. The molecular weight excluding hydrogens is 488 g/mol. The molecule has 3 heterocycles. The maximum Gasteiger partial charge on any atom is 0.246 e. The summed E-state index contributed by atoms with van der Waals surface area (Å²) in [5, 5.41) is 1.12. The Morgan fingerprint density at radius 1 is 0.974 bits per heavy atom. The van der Waals surface area contributed by atoms with Gasteiger partial charge in [0.25, 0.3) is 0 Å². The molecule has 0 aliphatic carbocycles. The summed E-state index contributed by atoms with van der Waals surface area (Å²) in [6.07, 6.45) is 6.17. The maximum atomic E-state index is 14.0. The van der Waals surface area contributed by atoms with Gasteiger partial charge in [0.1, 0.15) is 11.8 Å². The van der Waals surface area contributed by atoms with E-state index in [1.165, 1.54) is 25.7 Å². The lowest BCUT2D eigenvalue weighted by Gasteiger charge is -2.47. The molecule has 2 amide bonds. The molecule has 2 aliphatic rings. The number of aromatic amines is 1. The van der Waals surface area contributed by atoms with Crippen molar-refractivity contribution >= 4 is 22.7 Å². The Balaban J connectivity index is 1.41. The molecular formula is C32H42N4O3. The Labute approximate surface area is 232 Å². The fourth-order valence-electron chi connectivity index (χ4n) is 6.25. The third-order valence-electron chi connectivity index (χ3n) is 8.31. The number of H-pyrrole nitrogens is 1. The lowest BCUT2D eigenvalue weighted by atomic mass is 9.86. The lowest BCUT2D eigenvalue weighted by molar-refractivity contribution is -0.158. The monoisotopic (exact) mass is 530 g/mol. The molecule has 208 valence electrons. The van der Waals surface area contributed by atoms with Crippen LogP contribution in [0.15, 0.2) is 48.5 Å². The number of hydrogen-bond acceptors (Lipinski definition) is 4. The zero-order valence-corrected chi connectivity index (χ0v) is 23.6. The van der Waals surface area contributed by atoms with Crippen molar-refractivity contribution in [3.05, 3.63) is 65.4 Å². The number of benzene rings is 2. The van der Waals surface area contributed by atoms with E-state index in [2.05, 4.69) is 35.9 Å². The van der Waals surface area contributed by atoms with Crippen molar-refractivity contribution in [2.24, 2.45) is 0 Å². The molecule has 0 bridgehead atoms. The quantitative estimate of drug-likeness (QED) is 0.352. The topological polar surface area (TPSA) is 68.9 Å². The van der Waals surface area contributed by atoms with Crippen LogP contribution in [0.5, 0.6) is 5.75 Å². The smallest absolute Gasteiger partial charge is 0.246 e. The number of fused-ring (bicyclic) bond motifs is 4. The molecule has 39 heavy (non-hydrogen) atoms. The molecule has 1 aromatic heterocycles. The van der Waals surface area contributed by atoms with Crippen LogP contribution >= 0.6 is 0 Å². The first-order chi connectivity index (χ1) is 19.0. The van der Waals surface area contributed by atoms with Crippen molar-refractivity contribution in [1.29, 1.82) is 0 Å². The number of unbranched alkanes of at least 4 members (excludes halogenated alkanes) is 2. The summed E-state index contributed by atoms with van der Waals surface area (Å²) >= 11 is 0. The van der Waals surface area contributed by atoms with E-state index >= 15 is 0 Å². The molecule has 0 unspecified atom stereocenters. The number of nitrogens with zero attached hydrogens (tertiary/aromatic N) is 3. The van der Waals surface area contributed by atoms with E-state index in [1.807, 2.05) is 46.2 Å². The van der Waals surface area contributed by atoms with Crippen LogP contribution in [-0.4, -0.2) is 77.4 Å². The van der Waals surface area contributed by atoms with Crippen molar-refractivity contribution < 1.29 is 14.3 Å². The molecule has 7 heteroatoms. The van der Waals surface area contributed by atoms with Crippen molar-refractivity contribution in [3.63, 3.8) is 0 Å². The molecule has 2 aliphatic heterocycles. The summed E-state index contributed by atoms with van der Waals surface area (Å²) in [5.74, 6) is 0.804. The summed E-state index contributed by atoms with van der Waals surface area (Å²) in [6.45, 7) is 8.37. The summed E-state index contributed by atoms with van der Waals surface area (Å²) < 4.78 is 5.51. The number of amides is 2. The van der Waals surface area contributed by atoms with Crippen LogP contribution in [0.4, 0.5) is 0 Å². The van der Waals surface area contributed by atoms with Gasteiger partial charge in [-0.1, -0.05) is 57.0 Å². The number of para-hydroxylation sites is 1. The number of nitrogens with one attached hydrogen (secondary N) is 1. The molecule has 0 spiro atoms. The Morgan fingerprint density at radius 2 is 1.72 bits per heavy atom. The number of methoxy groups -OCH3 is 1. The lowest BCUT2D eigenvalue weighted by Crippen LogP contribution is -2.63. The average molecular weight is 531 g/mol. The number of carbonyl (C=O) groups is 2. The van der Waals surface area contributed by atoms with Crippen LogP contribution in [0, 0.1) is 0 Å². The second-order valence-corrected chi connectivity index (χ2v) is 10.9. The van der Waals surface area contributed by atoms with Crippen molar-refractivity contribution in [1.82, 2.24) is 19.7 Å². The minimum atomic E-state index is -0.509. The largest absolute Gasteiger partial charge is 0.497 e. The Hall–Kier alpha value is -3.32. The zero-order valence-electron chi connectivity index (χ0n) is 23.6. The number of carbonyl (C=O) groups excluding carboxylic acids is 2. The Bertz CT molecular complexity index is 1290. The van der Waals surface area contributed by atoms with E-state index in [0.29, 0.717) is 13.0 Å². The fraction of sp³-hybridized carbons (Fsp3) is 0.500. The predicted octanol–water partition coefficient (Wildman–Crippen LogP) is 5.15. The molecule has 7 nitrogen and oxygen atoms in total. The van der Waals surface area contributed by atoms with Crippen molar-refractivity contribution in [2.45, 2.75) is 64.5 Å². The molecule has 3 aromatic rings. The second-order valence-electron chi connectivity index (χ2n) is 10.9. The summed E-state index contributed by atoms with van der Waals surface area (Å²) in [6, 6.07) is 15.2. The van der Waals surface area contributed by atoms with Gasteiger partial charge >= 0.3 is 0 Å². The van der Waals surface area contributed by atoms with E-state index < -0.39 is 6.04 Å². The highest BCUT2D eigenvalue weighted by Gasteiger charge is 2.48. The number of piperazine rings is 1. The highest BCUT2D eigenvalue weighted by molar-refractivity contribution is 5.97. The van der Waals surface area contributed by atoms with Gasteiger partial charge in [0, 0.05) is 29.6 Å². The summed E-state index contributed by atoms with van der Waals surface area (Å²) in [7, 11) is 1.65. The minimum Gasteiger partial charge on any atom is -0.497 e. The standard InChI is InChI=1S/C32H42N4O3/c1-4-6-16-34(17-7-5-2)18-11-19-35-22-29(37)36-28(32(35)38)21-26-25-14-8-9-15-27(25)33-30(26)31(36)23-12-10-13-24(20-23)39-3/h8-10,12-15,20,28,31,33H,4-7,11,16-19,21-22H2,1-3H3/t28-,31+/m0/s1. The van der Waals surface area contributed by atoms with E-state index in [9.17, 15) is 9.59 Å². The highest BCUT2D eigenvalue weighted by Crippen LogP contribution is 2.43. The molecule has 0 saturated carbocycles. The predicted molar refractivity (Wildman–Crippen MR) is 155 cm³/mol. The molecule has 0 radical (unpaired) electrons. The van der Waals surface area contributed by atoms with Crippen LogP contribution in [0.25, 0.3) is 10.9 Å². The van der Waals surface area contributed by atoms with Crippen molar-refractivity contribution in [3.8, 4) is 5.75 Å². The van der Waals surface area contributed by atoms with Gasteiger partial charge in [-0.25, -0.2) is 0 Å². The van der Waals surface area contributed by atoms with Crippen LogP contribution in [0.2, 0.25) is 0 Å². The highest BCUT2D eigenvalue weighted by atomic mass is 16.5. The first kappa shape index (κ1) is 27.3. The summed E-state index contributed by atoms with van der Waals surface area (Å²) in [5.41, 5.74) is 4.11. The van der Waals surface area contributed by atoms with Gasteiger partial charge in [-0.15, -0.1) is 0 Å². The third-order valence-corrected chi connectivity index (χ3v) is 8.31. The zero-order chi connectivity index (χ0) is 27.4. The van der Waals surface area contributed by atoms with Gasteiger partial charge in [0.05, 0.1) is 19.7 Å². The van der Waals surface area contributed by atoms with E-state index in [-0.39, 0.29) is 24.4 Å². The number of aromatic nitrogens is 1. The normalized spacial score (nSPS) is 19.1. The van der Waals surface area contributed by atoms with E-state index in [0.717, 1.165) is 59.5 Å². The van der Waals surface area contributed by atoms with Crippen LogP contribution < -0.4 is 4.74 Å². The summed E-state index contributed by atoms with van der Waals surface area (Å²) in [4.78, 5) is 37.5. The van der Waals surface area contributed by atoms with Crippen LogP contribution in [-0.2, 0) is 16.0 Å². The van der Waals surface area contributed by atoms with Gasteiger partial charge in [-0.3, -0.25) is 9.59 Å². The van der Waals surface area contributed by atoms with Gasteiger partial charge < -0.3 is 24.4 Å². The van der Waals surface area contributed by atoms with Gasteiger partial charge in [-0.05, 0) is 68.2 Å². The first-order valence-corrected chi connectivity index (χ1v) is 14.6. The Kier molecular flexibility index (Phi) is 8.56.